The third-order valence-electron chi connectivity index (χ3n) is 7.66. The topological polar surface area (TPSA) is 169 Å². The van der Waals surface area contributed by atoms with Crippen molar-refractivity contribution in [2.75, 3.05) is 19.7 Å². The SMILES string of the molecule is C[C@H](NC(=O)OC(C)(C)C)C(=O)N[C@H](C(=O)N1CCC[C@H]1C(=O)N[C@@H](Cc1ccc(F)cc1)C(=O)OCCCCCCN)C(C)(C)C. The Morgan fingerprint density at radius 2 is 1.60 bits per heavy atom. The van der Waals surface area contributed by atoms with Crippen LogP contribution in [-0.2, 0) is 35.1 Å². The van der Waals surface area contributed by atoms with Gasteiger partial charge in [-0.15, -0.1) is 0 Å². The molecule has 1 aromatic rings. The molecule has 5 N–H and O–H groups in total. The van der Waals surface area contributed by atoms with Crippen molar-refractivity contribution in [3.63, 3.8) is 0 Å². The number of halogens is 1. The van der Waals surface area contributed by atoms with Crippen LogP contribution in [0.15, 0.2) is 24.3 Å². The van der Waals surface area contributed by atoms with E-state index < -0.39 is 70.8 Å². The van der Waals surface area contributed by atoms with Crippen molar-refractivity contribution in [2.24, 2.45) is 11.1 Å². The van der Waals surface area contributed by atoms with Gasteiger partial charge in [-0.1, -0.05) is 45.7 Å². The zero-order chi connectivity index (χ0) is 35.4. The maximum absolute atomic E-state index is 14.0. The number of carbonyl (C=O) groups is 5. The summed E-state index contributed by atoms with van der Waals surface area (Å²) in [6, 6.07) is 1.65. The maximum Gasteiger partial charge on any atom is 0.408 e. The molecule has 1 aliphatic heterocycles. The van der Waals surface area contributed by atoms with Gasteiger partial charge in [-0.2, -0.15) is 0 Å². The van der Waals surface area contributed by atoms with Crippen molar-refractivity contribution >= 4 is 29.8 Å². The molecule has 0 aliphatic carbocycles. The highest BCUT2D eigenvalue weighted by molar-refractivity contribution is 5.95. The second kappa shape index (κ2) is 18.0. The minimum atomic E-state index is -1.06. The van der Waals surface area contributed by atoms with Gasteiger partial charge >= 0.3 is 12.1 Å². The Morgan fingerprint density at radius 3 is 2.19 bits per heavy atom. The number of nitrogens with zero attached hydrogens (tertiary/aromatic N) is 1. The minimum absolute atomic E-state index is 0.0713. The summed E-state index contributed by atoms with van der Waals surface area (Å²) < 4.78 is 24.3. The molecule has 0 unspecified atom stereocenters. The smallest absolute Gasteiger partial charge is 0.408 e. The van der Waals surface area contributed by atoms with Gasteiger partial charge in [0.25, 0.3) is 0 Å². The number of rotatable bonds is 15. The molecule has 0 bridgehead atoms. The van der Waals surface area contributed by atoms with Gasteiger partial charge in [0.1, 0.15) is 35.6 Å². The highest BCUT2D eigenvalue weighted by atomic mass is 19.1. The van der Waals surface area contributed by atoms with E-state index in [-0.39, 0.29) is 19.6 Å². The van der Waals surface area contributed by atoms with Crippen molar-refractivity contribution < 1.29 is 37.8 Å². The number of alkyl carbamates (subject to hydrolysis) is 1. The van der Waals surface area contributed by atoms with Gasteiger partial charge in [0.05, 0.1) is 6.61 Å². The number of likely N-dealkylation sites (tertiary alicyclic amines) is 1. The van der Waals surface area contributed by atoms with Gasteiger partial charge in [0.2, 0.25) is 17.7 Å². The highest BCUT2D eigenvalue weighted by Gasteiger charge is 2.43. The molecule has 1 saturated heterocycles. The highest BCUT2D eigenvalue weighted by Crippen LogP contribution is 2.26. The second-order valence-corrected chi connectivity index (χ2v) is 14.1. The average Bonchev–Trinajstić information content (AvgIpc) is 3.46. The average molecular weight is 664 g/mol. The Kier molecular flexibility index (Phi) is 15.1. The van der Waals surface area contributed by atoms with Crippen LogP contribution in [0.3, 0.4) is 0 Å². The van der Waals surface area contributed by atoms with Gasteiger partial charge in [-0.05, 0) is 83.0 Å². The van der Waals surface area contributed by atoms with E-state index >= 15 is 0 Å². The van der Waals surface area contributed by atoms with Crippen LogP contribution in [0.2, 0.25) is 0 Å². The zero-order valence-corrected chi connectivity index (χ0v) is 29.0. The monoisotopic (exact) mass is 663 g/mol. The van der Waals surface area contributed by atoms with Crippen molar-refractivity contribution in [3.05, 3.63) is 35.6 Å². The van der Waals surface area contributed by atoms with Crippen LogP contribution in [0, 0.1) is 11.2 Å². The summed E-state index contributed by atoms with van der Waals surface area (Å²) in [7, 11) is 0. The normalized spacial score (nSPS) is 16.9. The van der Waals surface area contributed by atoms with Gasteiger partial charge in [0, 0.05) is 13.0 Å². The number of nitrogens with two attached hydrogens (primary N) is 1. The molecule has 2 rings (SSSR count). The van der Waals surface area contributed by atoms with Crippen LogP contribution in [0.5, 0.6) is 0 Å². The van der Waals surface area contributed by atoms with Crippen LogP contribution >= 0.6 is 0 Å². The number of ether oxygens (including phenoxy) is 2. The molecule has 0 aromatic heterocycles. The largest absolute Gasteiger partial charge is 0.464 e. The number of nitrogens with one attached hydrogen (secondary N) is 3. The summed E-state index contributed by atoms with van der Waals surface area (Å²) in [6.45, 7) is 13.0. The molecule has 0 spiro atoms. The second-order valence-electron chi connectivity index (χ2n) is 14.1. The molecule has 12 nitrogen and oxygen atoms in total. The fourth-order valence-electron chi connectivity index (χ4n) is 5.13. The van der Waals surface area contributed by atoms with E-state index in [0.29, 0.717) is 31.4 Å². The van der Waals surface area contributed by atoms with E-state index in [2.05, 4.69) is 16.0 Å². The third-order valence-corrected chi connectivity index (χ3v) is 7.66. The molecule has 1 fully saturated rings. The zero-order valence-electron chi connectivity index (χ0n) is 29.0. The lowest BCUT2D eigenvalue weighted by atomic mass is 9.85. The van der Waals surface area contributed by atoms with Crippen molar-refractivity contribution in [3.8, 4) is 0 Å². The standard InChI is InChI=1S/C34H54FN5O7/c1-22(37-32(45)47-34(5,6)7)28(41)39-27(33(2,3)4)30(43)40-19-12-13-26(40)29(42)38-25(21-23-14-16-24(35)17-15-23)31(44)46-20-11-9-8-10-18-36/h14-17,22,25-27H,8-13,18-21,36H2,1-7H3,(H,37,45)(H,38,42)(H,39,41)/t22-,25-,26-,27+/m0/s1. The van der Waals surface area contributed by atoms with Crippen LogP contribution in [0.25, 0.3) is 0 Å². The van der Waals surface area contributed by atoms with E-state index in [1.165, 1.54) is 36.1 Å². The van der Waals surface area contributed by atoms with Gasteiger partial charge in [0.15, 0.2) is 0 Å². The first-order valence-corrected chi connectivity index (χ1v) is 16.4. The third kappa shape index (κ3) is 13.5. The predicted molar refractivity (Wildman–Crippen MR) is 175 cm³/mol. The van der Waals surface area contributed by atoms with Crippen LogP contribution < -0.4 is 21.7 Å². The molecule has 264 valence electrons. The summed E-state index contributed by atoms with van der Waals surface area (Å²) in [5.41, 5.74) is 4.65. The Balaban J connectivity index is 2.16. The first-order chi connectivity index (χ1) is 21.9. The van der Waals surface area contributed by atoms with Crippen molar-refractivity contribution in [1.29, 1.82) is 0 Å². The van der Waals surface area contributed by atoms with Crippen LogP contribution in [0.4, 0.5) is 9.18 Å². The summed E-state index contributed by atoms with van der Waals surface area (Å²) in [6.07, 6.45) is 3.51. The molecule has 4 amide bonds. The quantitative estimate of drug-likeness (QED) is 0.164. The lowest BCUT2D eigenvalue weighted by Crippen LogP contribution is -2.60. The molecule has 0 radical (unpaired) electrons. The fraction of sp³-hybridized carbons (Fsp3) is 0.676. The Morgan fingerprint density at radius 1 is 0.957 bits per heavy atom. The molecule has 1 aromatic carbocycles. The van der Waals surface area contributed by atoms with E-state index in [1.54, 1.807) is 41.5 Å². The summed E-state index contributed by atoms with van der Waals surface area (Å²) in [5, 5.41) is 8.01. The number of benzene rings is 1. The molecular formula is C34H54FN5O7. The molecule has 1 heterocycles. The number of hydrogen-bond donors (Lipinski definition) is 4. The first-order valence-electron chi connectivity index (χ1n) is 16.4. The number of amides is 4. The number of unbranched alkanes of at least 4 members (excludes halogenated alkanes) is 3. The Hall–Kier alpha value is -3.74. The first kappa shape index (κ1) is 39.4. The number of esters is 1. The Bertz CT molecular complexity index is 1210. The lowest BCUT2D eigenvalue weighted by Gasteiger charge is -2.36. The molecule has 0 saturated carbocycles. The van der Waals surface area contributed by atoms with Gasteiger partial charge in [-0.3, -0.25) is 14.4 Å². The fourth-order valence-corrected chi connectivity index (χ4v) is 5.13. The van der Waals surface area contributed by atoms with Crippen LogP contribution in [-0.4, -0.2) is 84.1 Å². The number of hydrogen-bond acceptors (Lipinski definition) is 8. The van der Waals surface area contributed by atoms with Crippen molar-refractivity contribution in [1.82, 2.24) is 20.9 Å². The van der Waals surface area contributed by atoms with E-state index in [9.17, 15) is 28.4 Å². The van der Waals surface area contributed by atoms with Crippen molar-refractivity contribution in [2.45, 2.75) is 123 Å². The van der Waals surface area contributed by atoms with E-state index in [1.807, 2.05) is 0 Å². The maximum atomic E-state index is 14.0. The van der Waals surface area contributed by atoms with Gasteiger partial charge in [-0.25, -0.2) is 14.0 Å². The lowest BCUT2D eigenvalue weighted by molar-refractivity contribution is -0.149. The predicted octanol–water partition coefficient (Wildman–Crippen LogP) is 3.35. The molecule has 1 aliphatic rings. The summed E-state index contributed by atoms with van der Waals surface area (Å²) in [4.78, 5) is 67.5. The summed E-state index contributed by atoms with van der Waals surface area (Å²) in [5.74, 6) is -2.62. The van der Waals surface area contributed by atoms with E-state index in [0.717, 1.165) is 19.3 Å². The number of carbonyl (C=O) groups excluding carboxylic acids is 5. The molecular weight excluding hydrogens is 609 g/mol. The molecule has 13 heteroatoms. The minimum Gasteiger partial charge on any atom is -0.464 e. The van der Waals surface area contributed by atoms with Gasteiger partial charge < -0.3 is 36.1 Å². The van der Waals surface area contributed by atoms with E-state index in [4.69, 9.17) is 15.2 Å². The molecule has 47 heavy (non-hydrogen) atoms. The Labute approximate surface area is 278 Å². The summed E-state index contributed by atoms with van der Waals surface area (Å²) >= 11 is 0. The van der Waals surface area contributed by atoms with Crippen LogP contribution in [0.1, 0.15) is 92.6 Å². The molecule has 4 atom stereocenters.